The van der Waals surface area contributed by atoms with Crippen molar-refractivity contribution in [2.24, 2.45) is 5.84 Å². The van der Waals surface area contributed by atoms with Crippen LogP contribution in [0.5, 0.6) is 0 Å². The smallest absolute Gasteiger partial charge is 0.0406 e. The summed E-state index contributed by atoms with van der Waals surface area (Å²) in [5.74, 6) is 6.29. The van der Waals surface area contributed by atoms with E-state index in [4.69, 9.17) is 17.4 Å². The van der Waals surface area contributed by atoms with Crippen molar-refractivity contribution in [1.82, 2.24) is 5.01 Å². The number of rotatable bonds is 1. The van der Waals surface area contributed by atoms with E-state index in [9.17, 15) is 0 Å². The van der Waals surface area contributed by atoms with Crippen LogP contribution in [0.25, 0.3) is 0 Å². The van der Waals surface area contributed by atoms with E-state index >= 15 is 0 Å². The number of nitrogens with two attached hydrogens (primary N) is 1. The van der Waals surface area contributed by atoms with E-state index in [-0.39, 0.29) is 0 Å². The molecule has 2 rings (SSSR count). The maximum atomic E-state index is 5.81. The Kier molecular flexibility index (Phi) is 2.54. The van der Waals surface area contributed by atoms with Gasteiger partial charge >= 0.3 is 0 Å². The minimum atomic E-state index is 0.585. The van der Waals surface area contributed by atoms with E-state index in [1.807, 2.05) is 17.1 Å². The zero-order chi connectivity index (χ0) is 9.26. The second-order valence-corrected chi connectivity index (χ2v) is 3.97. The number of hydrazine groups is 1. The molecule has 0 spiro atoms. The van der Waals surface area contributed by atoms with Gasteiger partial charge in [0.2, 0.25) is 0 Å². The van der Waals surface area contributed by atoms with Crippen molar-refractivity contribution in [3.8, 4) is 0 Å². The van der Waals surface area contributed by atoms with Crippen molar-refractivity contribution in [2.45, 2.75) is 12.3 Å². The first kappa shape index (κ1) is 9.00. The molecule has 0 bridgehead atoms. The summed E-state index contributed by atoms with van der Waals surface area (Å²) < 4.78 is 0. The molecule has 1 heterocycles. The Bertz CT molecular complexity index is 283. The van der Waals surface area contributed by atoms with Gasteiger partial charge in [-0.1, -0.05) is 23.7 Å². The fraction of sp³-hybridized carbons (Fsp3) is 0.400. The fourth-order valence-corrected chi connectivity index (χ4v) is 1.92. The topological polar surface area (TPSA) is 29.3 Å². The Morgan fingerprint density at radius 2 is 2.00 bits per heavy atom. The van der Waals surface area contributed by atoms with Crippen LogP contribution in [0.4, 0.5) is 0 Å². The lowest BCUT2D eigenvalue weighted by Crippen LogP contribution is -2.27. The zero-order valence-electron chi connectivity index (χ0n) is 7.41. The maximum Gasteiger partial charge on any atom is 0.0406 e. The van der Waals surface area contributed by atoms with E-state index in [0.717, 1.165) is 24.5 Å². The zero-order valence-corrected chi connectivity index (χ0v) is 8.17. The van der Waals surface area contributed by atoms with Crippen LogP contribution in [0, 0.1) is 0 Å². The molecule has 2 N–H and O–H groups in total. The third kappa shape index (κ3) is 2.02. The number of benzene rings is 1. The van der Waals surface area contributed by atoms with E-state index in [1.54, 1.807) is 0 Å². The van der Waals surface area contributed by atoms with Crippen molar-refractivity contribution in [2.75, 3.05) is 13.1 Å². The largest absolute Gasteiger partial charge is 0.269 e. The second kappa shape index (κ2) is 3.66. The fourth-order valence-electron chi connectivity index (χ4n) is 1.79. The molecule has 1 aromatic carbocycles. The minimum absolute atomic E-state index is 0.585. The number of hydrogen-bond acceptors (Lipinski definition) is 2. The van der Waals surface area contributed by atoms with Crippen molar-refractivity contribution in [1.29, 1.82) is 0 Å². The first-order valence-corrected chi connectivity index (χ1v) is 4.88. The summed E-state index contributed by atoms with van der Waals surface area (Å²) >= 11 is 5.81. The van der Waals surface area contributed by atoms with Crippen molar-refractivity contribution < 1.29 is 0 Å². The summed E-state index contributed by atoms with van der Waals surface area (Å²) in [5.41, 5.74) is 1.34. The molecule has 0 saturated carbocycles. The Morgan fingerprint density at radius 3 is 2.54 bits per heavy atom. The lowest BCUT2D eigenvalue weighted by Gasteiger charge is -2.10. The molecule has 2 nitrogen and oxygen atoms in total. The van der Waals surface area contributed by atoms with E-state index < -0.39 is 0 Å². The van der Waals surface area contributed by atoms with Gasteiger partial charge in [0.05, 0.1) is 0 Å². The van der Waals surface area contributed by atoms with Gasteiger partial charge in [0.15, 0.2) is 0 Å². The molecule has 0 amide bonds. The lowest BCUT2D eigenvalue weighted by atomic mass is 9.99. The Balaban J connectivity index is 2.13. The van der Waals surface area contributed by atoms with Crippen LogP contribution in [-0.4, -0.2) is 18.1 Å². The van der Waals surface area contributed by atoms with Crippen LogP contribution in [-0.2, 0) is 0 Å². The molecule has 1 saturated heterocycles. The van der Waals surface area contributed by atoms with Gasteiger partial charge in [0.1, 0.15) is 0 Å². The Morgan fingerprint density at radius 1 is 1.31 bits per heavy atom. The summed E-state index contributed by atoms with van der Waals surface area (Å²) in [4.78, 5) is 0. The van der Waals surface area contributed by atoms with Crippen LogP contribution in [0.3, 0.4) is 0 Å². The third-order valence-electron chi connectivity index (χ3n) is 2.56. The van der Waals surface area contributed by atoms with Crippen LogP contribution in [0.15, 0.2) is 24.3 Å². The molecule has 70 valence electrons. The van der Waals surface area contributed by atoms with Crippen molar-refractivity contribution in [3.63, 3.8) is 0 Å². The predicted molar refractivity (Wildman–Crippen MR) is 54.6 cm³/mol. The quantitative estimate of drug-likeness (QED) is 0.697. The van der Waals surface area contributed by atoms with Gasteiger partial charge in [0.25, 0.3) is 0 Å². The SMILES string of the molecule is NN1CCC(c2ccc(Cl)cc2)C1. The molecule has 1 aromatic rings. The molecule has 0 aromatic heterocycles. The molecular weight excluding hydrogens is 184 g/mol. The summed E-state index contributed by atoms with van der Waals surface area (Å²) in [7, 11) is 0. The minimum Gasteiger partial charge on any atom is -0.269 e. The van der Waals surface area contributed by atoms with Gasteiger partial charge in [-0.2, -0.15) is 0 Å². The highest BCUT2D eigenvalue weighted by molar-refractivity contribution is 6.30. The van der Waals surface area contributed by atoms with Crippen molar-refractivity contribution >= 4 is 11.6 Å². The standard InChI is InChI=1S/C10H13ClN2/c11-10-3-1-8(2-4-10)9-5-6-13(12)7-9/h1-4,9H,5-7,12H2. The van der Waals surface area contributed by atoms with Gasteiger partial charge < -0.3 is 0 Å². The molecular formula is C10H13ClN2. The highest BCUT2D eigenvalue weighted by atomic mass is 35.5. The van der Waals surface area contributed by atoms with Crippen LogP contribution in [0.1, 0.15) is 17.9 Å². The summed E-state index contributed by atoms with van der Waals surface area (Å²) in [6.45, 7) is 1.95. The van der Waals surface area contributed by atoms with E-state index in [0.29, 0.717) is 5.92 Å². The first-order valence-electron chi connectivity index (χ1n) is 4.51. The summed E-state index contributed by atoms with van der Waals surface area (Å²) in [5, 5.41) is 2.67. The molecule has 3 heteroatoms. The number of nitrogens with zero attached hydrogens (tertiary/aromatic N) is 1. The molecule has 0 radical (unpaired) electrons. The van der Waals surface area contributed by atoms with Crippen LogP contribution < -0.4 is 5.84 Å². The van der Waals surface area contributed by atoms with Gasteiger partial charge in [-0.25, -0.2) is 5.01 Å². The summed E-state index contributed by atoms with van der Waals surface area (Å²) in [6, 6.07) is 8.06. The number of halogens is 1. The maximum absolute atomic E-state index is 5.81. The monoisotopic (exact) mass is 196 g/mol. The molecule has 13 heavy (non-hydrogen) atoms. The van der Waals surface area contributed by atoms with Crippen molar-refractivity contribution in [3.05, 3.63) is 34.9 Å². The molecule has 1 fully saturated rings. The molecule has 0 aliphatic carbocycles. The van der Waals surface area contributed by atoms with E-state index in [1.165, 1.54) is 5.56 Å². The second-order valence-electron chi connectivity index (χ2n) is 3.53. The van der Waals surface area contributed by atoms with Gasteiger partial charge in [0, 0.05) is 18.1 Å². The average Bonchev–Trinajstić information content (AvgIpc) is 2.53. The highest BCUT2D eigenvalue weighted by Crippen LogP contribution is 2.26. The van der Waals surface area contributed by atoms with Gasteiger partial charge in [-0.3, -0.25) is 5.84 Å². The first-order chi connectivity index (χ1) is 6.25. The third-order valence-corrected chi connectivity index (χ3v) is 2.81. The molecule has 1 unspecified atom stereocenters. The number of hydrogen-bond donors (Lipinski definition) is 1. The average molecular weight is 197 g/mol. The highest BCUT2D eigenvalue weighted by Gasteiger charge is 2.21. The molecule has 1 atom stereocenters. The van der Waals surface area contributed by atoms with Crippen LogP contribution in [0.2, 0.25) is 5.02 Å². The normalized spacial score (nSPS) is 23.7. The molecule has 1 aliphatic heterocycles. The molecule has 1 aliphatic rings. The van der Waals surface area contributed by atoms with Gasteiger partial charge in [-0.15, -0.1) is 0 Å². The predicted octanol–water partition coefficient (Wildman–Crippen LogP) is 2.00. The Hall–Kier alpha value is -0.570. The van der Waals surface area contributed by atoms with E-state index in [2.05, 4.69) is 12.1 Å². The Labute approximate surface area is 83.3 Å². The van der Waals surface area contributed by atoms with Crippen LogP contribution >= 0.6 is 11.6 Å². The summed E-state index contributed by atoms with van der Waals surface area (Å²) in [6.07, 6.45) is 1.15. The van der Waals surface area contributed by atoms with Gasteiger partial charge in [-0.05, 0) is 30.0 Å². The lowest BCUT2D eigenvalue weighted by molar-refractivity contribution is 0.350.